The third-order valence-electron chi connectivity index (χ3n) is 2.75. The number of hydrogen-bond donors (Lipinski definition) is 1. The molecule has 5 nitrogen and oxygen atoms in total. The van der Waals surface area contributed by atoms with Crippen molar-refractivity contribution in [3.8, 4) is 0 Å². The van der Waals surface area contributed by atoms with Gasteiger partial charge in [0.1, 0.15) is 10.8 Å². The summed E-state index contributed by atoms with van der Waals surface area (Å²) < 4.78 is 12.8. The summed E-state index contributed by atoms with van der Waals surface area (Å²) in [6, 6.07) is 8.72. The van der Waals surface area contributed by atoms with Gasteiger partial charge in [0.05, 0.1) is 5.75 Å². The fourth-order valence-electron chi connectivity index (χ4n) is 1.55. The number of carbonyl (C=O) groups excluding carboxylic acids is 2. The summed E-state index contributed by atoms with van der Waals surface area (Å²) in [7, 11) is 0. The van der Waals surface area contributed by atoms with E-state index in [-0.39, 0.29) is 23.3 Å². The summed E-state index contributed by atoms with van der Waals surface area (Å²) in [5, 5.41) is 11.0. The minimum Gasteiger partial charge on any atom is -0.309 e. The van der Waals surface area contributed by atoms with E-state index in [1.165, 1.54) is 36.0 Å². The van der Waals surface area contributed by atoms with E-state index >= 15 is 0 Å². The second-order valence-electron chi connectivity index (χ2n) is 4.38. The molecule has 0 atom stereocenters. The second kappa shape index (κ2) is 7.65. The summed E-state index contributed by atoms with van der Waals surface area (Å²) in [6.45, 7) is 1.74. The molecule has 0 fully saturated rings. The van der Waals surface area contributed by atoms with Gasteiger partial charge in [0.2, 0.25) is 5.91 Å². The van der Waals surface area contributed by atoms with Gasteiger partial charge in [-0.15, -0.1) is 10.2 Å². The van der Waals surface area contributed by atoms with Crippen LogP contribution in [0.2, 0.25) is 0 Å². The average Bonchev–Trinajstić information content (AvgIpc) is 2.54. The normalized spacial score (nSPS) is 10.3. The Morgan fingerprint density at radius 3 is 2.45 bits per heavy atom. The highest BCUT2D eigenvalue weighted by Crippen LogP contribution is 2.17. The van der Waals surface area contributed by atoms with Crippen LogP contribution in [-0.4, -0.2) is 27.6 Å². The fourth-order valence-corrected chi connectivity index (χ4v) is 2.26. The molecule has 114 valence electrons. The van der Waals surface area contributed by atoms with Gasteiger partial charge in [-0.3, -0.25) is 9.59 Å². The SMILES string of the molecule is CCC(=O)Nc1ccc(SCC(=O)c2ccc(F)cc2)nn1. The molecule has 0 spiro atoms. The van der Waals surface area contributed by atoms with E-state index in [0.717, 1.165) is 0 Å². The van der Waals surface area contributed by atoms with Gasteiger partial charge in [-0.25, -0.2) is 4.39 Å². The number of Topliss-reactive ketones (excluding diaryl/α,β-unsaturated/α-hetero) is 1. The van der Waals surface area contributed by atoms with Gasteiger partial charge in [0.25, 0.3) is 0 Å². The Balaban J connectivity index is 1.90. The molecule has 1 aromatic heterocycles. The molecule has 22 heavy (non-hydrogen) atoms. The summed E-state index contributed by atoms with van der Waals surface area (Å²) in [5.74, 6) is -0.0711. The highest BCUT2D eigenvalue weighted by molar-refractivity contribution is 7.99. The van der Waals surface area contributed by atoms with Crippen molar-refractivity contribution in [3.63, 3.8) is 0 Å². The van der Waals surface area contributed by atoms with Gasteiger partial charge in [-0.2, -0.15) is 0 Å². The van der Waals surface area contributed by atoms with Crippen LogP contribution in [-0.2, 0) is 4.79 Å². The van der Waals surface area contributed by atoms with E-state index in [0.29, 0.717) is 22.8 Å². The van der Waals surface area contributed by atoms with Crippen LogP contribution in [0.5, 0.6) is 0 Å². The van der Waals surface area contributed by atoms with E-state index in [1.54, 1.807) is 19.1 Å². The van der Waals surface area contributed by atoms with Crippen molar-refractivity contribution in [1.82, 2.24) is 10.2 Å². The van der Waals surface area contributed by atoms with Crippen molar-refractivity contribution < 1.29 is 14.0 Å². The van der Waals surface area contributed by atoms with Gasteiger partial charge < -0.3 is 5.32 Å². The predicted octanol–water partition coefficient (Wildman–Crippen LogP) is 2.94. The number of halogens is 1. The minimum atomic E-state index is -0.375. The zero-order valence-electron chi connectivity index (χ0n) is 11.9. The summed E-state index contributed by atoms with van der Waals surface area (Å²) in [4.78, 5) is 23.1. The van der Waals surface area contributed by atoms with Gasteiger partial charge in [0.15, 0.2) is 11.6 Å². The molecule has 0 saturated carbocycles. The molecule has 0 radical (unpaired) electrons. The van der Waals surface area contributed by atoms with E-state index in [9.17, 15) is 14.0 Å². The lowest BCUT2D eigenvalue weighted by atomic mass is 10.1. The van der Waals surface area contributed by atoms with Crippen LogP contribution in [0.1, 0.15) is 23.7 Å². The number of aromatic nitrogens is 2. The predicted molar refractivity (Wildman–Crippen MR) is 82.4 cm³/mol. The lowest BCUT2D eigenvalue weighted by Crippen LogP contribution is -2.11. The van der Waals surface area contributed by atoms with E-state index in [4.69, 9.17) is 0 Å². The van der Waals surface area contributed by atoms with Crippen molar-refractivity contribution in [3.05, 3.63) is 47.8 Å². The quantitative estimate of drug-likeness (QED) is 0.655. The third kappa shape index (κ3) is 4.63. The highest BCUT2D eigenvalue weighted by Gasteiger charge is 2.08. The molecule has 1 N–H and O–H groups in total. The van der Waals surface area contributed by atoms with Crippen molar-refractivity contribution in [2.45, 2.75) is 18.4 Å². The highest BCUT2D eigenvalue weighted by atomic mass is 32.2. The first kappa shape index (κ1) is 16.1. The summed E-state index contributed by atoms with van der Waals surface area (Å²) >= 11 is 1.23. The molecule has 0 bridgehead atoms. The van der Waals surface area contributed by atoms with Crippen LogP contribution < -0.4 is 5.32 Å². The third-order valence-corrected chi connectivity index (χ3v) is 3.67. The largest absolute Gasteiger partial charge is 0.309 e. The minimum absolute atomic E-state index is 0.116. The Morgan fingerprint density at radius 2 is 1.86 bits per heavy atom. The Hall–Kier alpha value is -2.28. The number of benzene rings is 1. The van der Waals surface area contributed by atoms with Crippen LogP contribution in [0.4, 0.5) is 10.2 Å². The van der Waals surface area contributed by atoms with Gasteiger partial charge in [0, 0.05) is 12.0 Å². The van der Waals surface area contributed by atoms with E-state index < -0.39 is 0 Å². The number of nitrogens with one attached hydrogen (secondary N) is 1. The number of hydrogen-bond acceptors (Lipinski definition) is 5. The Labute approximate surface area is 131 Å². The number of anilines is 1. The Morgan fingerprint density at radius 1 is 1.14 bits per heavy atom. The maximum Gasteiger partial charge on any atom is 0.225 e. The molecule has 0 unspecified atom stereocenters. The van der Waals surface area contributed by atoms with E-state index in [1.807, 2.05) is 0 Å². The molecule has 1 aromatic carbocycles. The fraction of sp³-hybridized carbons (Fsp3) is 0.200. The number of rotatable bonds is 6. The molecule has 2 aromatic rings. The lowest BCUT2D eigenvalue weighted by Gasteiger charge is -2.03. The Kier molecular flexibility index (Phi) is 5.60. The molecule has 1 amide bonds. The van der Waals surface area contributed by atoms with E-state index in [2.05, 4.69) is 15.5 Å². The molecule has 7 heteroatoms. The number of carbonyl (C=O) groups is 2. The van der Waals surface area contributed by atoms with Gasteiger partial charge in [-0.05, 0) is 36.4 Å². The van der Waals surface area contributed by atoms with Crippen molar-refractivity contribution in [1.29, 1.82) is 0 Å². The number of amides is 1. The molecule has 0 aliphatic carbocycles. The first-order valence-corrected chi connectivity index (χ1v) is 7.62. The molecule has 0 aliphatic rings. The average molecular weight is 319 g/mol. The van der Waals surface area contributed by atoms with Crippen LogP contribution in [0.25, 0.3) is 0 Å². The summed E-state index contributed by atoms with van der Waals surface area (Å²) in [5.41, 5.74) is 0.452. The Bertz CT molecular complexity index is 659. The standard InChI is InChI=1S/C15H14FN3O2S/c1-2-14(21)17-13-7-8-15(19-18-13)22-9-12(20)10-3-5-11(16)6-4-10/h3-8H,2,9H2,1H3,(H,17,18,21). The second-order valence-corrected chi connectivity index (χ2v) is 5.37. The van der Waals surface area contributed by atoms with Crippen molar-refractivity contribution >= 4 is 29.3 Å². The maximum atomic E-state index is 12.8. The first-order chi connectivity index (χ1) is 10.6. The lowest BCUT2D eigenvalue weighted by molar-refractivity contribution is -0.115. The van der Waals surface area contributed by atoms with Crippen molar-refractivity contribution in [2.24, 2.45) is 0 Å². The van der Waals surface area contributed by atoms with Gasteiger partial charge in [-0.1, -0.05) is 18.7 Å². The molecule has 1 heterocycles. The molecular weight excluding hydrogens is 305 g/mol. The smallest absolute Gasteiger partial charge is 0.225 e. The van der Waals surface area contributed by atoms with Crippen LogP contribution in [0.15, 0.2) is 41.4 Å². The molecular formula is C15H14FN3O2S. The van der Waals surface area contributed by atoms with Crippen LogP contribution in [0.3, 0.4) is 0 Å². The van der Waals surface area contributed by atoms with Crippen LogP contribution >= 0.6 is 11.8 Å². The topological polar surface area (TPSA) is 72.0 Å². The number of ketones is 1. The zero-order chi connectivity index (χ0) is 15.9. The van der Waals surface area contributed by atoms with Crippen LogP contribution in [0, 0.1) is 5.82 Å². The molecule has 0 aliphatic heterocycles. The van der Waals surface area contributed by atoms with Crippen molar-refractivity contribution in [2.75, 3.05) is 11.1 Å². The molecule has 0 saturated heterocycles. The zero-order valence-corrected chi connectivity index (χ0v) is 12.7. The maximum absolute atomic E-state index is 12.8. The first-order valence-electron chi connectivity index (χ1n) is 6.63. The number of nitrogens with zero attached hydrogens (tertiary/aromatic N) is 2. The monoisotopic (exact) mass is 319 g/mol. The molecule has 2 rings (SSSR count). The number of thioether (sulfide) groups is 1. The summed E-state index contributed by atoms with van der Waals surface area (Å²) in [6.07, 6.45) is 0.365. The van der Waals surface area contributed by atoms with Gasteiger partial charge >= 0.3 is 0 Å².